The van der Waals surface area contributed by atoms with Crippen molar-refractivity contribution in [1.82, 2.24) is 0 Å². The third-order valence-corrected chi connectivity index (χ3v) is 3.33. The monoisotopic (exact) mass is 258 g/mol. The average molecular weight is 259 g/mol. The Balaban J connectivity index is 2.56. The van der Waals surface area contributed by atoms with Gasteiger partial charge in [0.1, 0.15) is 11.6 Å². The van der Waals surface area contributed by atoms with Crippen molar-refractivity contribution in [3.8, 4) is 10.4 Å². The summed E-state index contributed by atoms with van der Waals surface area (Å²) in [6, 6.07) is 5.55. The van der Waals surface area contributed by atoms with Crippen LogP contribution in [0.3, 0.4) is 0 Å². The number of benzene rings is 1. The number of thiophene rings is 1. The van der Waals surface area contributed by atoms with Crippen LogP contribution in [-0.4, -0.2) is 6.29 Å². The van der Waals surface area contributed by atoms with Gasteiger partial charge in [0.15, 0.2) is 6.29 Å². The average Bonchev–Trinajstić information content (AvgIpc) is 2.64. The van der Waals surface area contributed by atoms with Gasteiger partial charge in [-0.1, -0.05) is 11.6 Å². The first-order valence-electron chi connectivity index (χ1n) is 4.31. The normalized spacial score (nSPS) is 10.4. The van der Waals surface area contributed by atoms with Gasteiger partial charge in [-0.3, -0.25) is 4.79 Å². The van der Waals surface area contributed by atoms with E-state index in [0.717, 1.165) is 12.1 Å². The fourth-order valence-corrected chi connectivity index (χ4v) is 2.34. The molecule has 0 radical (unpaired) electrons. The van der Waals surface area contributed by atoms with E-state index in [0.29, 0.717) is 14.8 Å². The highest BCUT2D eigenvalue weighted by Crippen LogP contribution is 2.32. The van der Waals surface area contributed by atoms with Crippen LogP contribution in [0.2, 0.25) is 4.34 Å². The number of carbonyl (C=O) groups excluding carboxylic acids is 1. The minimum absolute atomic E-state index is 0.163. The van der Waals surface area contributed by atoms with Crippen LogP contribution in [-0.2, 0) is 0 Å². The van der Waals surface area contributed by atoms with Crippen molar-refractivity contribution in [2.45, 2.75) is 0 Å². The molecule has 1 nitrogen and oxygen atoms in total. The Hall–Kier alpha value is -1.26. The molecule has 2 aromatic rings. The summed E-state index contributed by atoms with van der Waals surface area (Å²) in [5.74, 6) is -1.73. The lowest BCUT2D eigenvalue weighted by molar-refractivity contribution is 0.111. The first-order valence-corrected chi connectivity index (χ1v) is 5.51. The summed E-state index contributed by atoms with van der Waals surface area (Å²) >= 11 is 6.94. The number of hydrogen-bond acceptors (Lipinski definition) is 2. The third kappa shape index (κ3) is 1.99. The molecule has 1 aromatic carbocycles. The van der Waals surface area contributed by atoms with Crippen molar-refractivity contribution in [3.63, 3.8) is 0 Å². The molecule has 0 saturated carbocycles. The van der Waals surface area contributed by atoms with E-state index in [4.69, 9.17) is 11.6 Å². The van der Waals surface area contributed by atoms with Gasteiger partial charge in [0.25, 0.3) is 0 Å². The Morgan fingerprint density at radius 3 is 2.25 bits per heavy atom. The molecule has 0 saturated heterocycles. The Labute approximate surface area is 99.3 Å². The molecular weight excluding hydrogens is 254 g/mol. The molecule has 5 heteroatoms. The summed E-state index contributed by atoms with van der Waals surface area (Å²) in [7, 11) is 0. The molecule has 0 N–H and O–H groups in total. The smallest absolute Gasteiger partial charge is 0.155 e. The summed E-state index contributed by atoms with van der Waals surface area (Å²) in [5.41, 5.74) is -0.177. The summed E-state index contributed by atoms with van der Waals surface area (Å²) in [6.07, 6.45) is 0.163. The van der Waals surface area contributed by atoms with Gasteiger partial charge < -0.3 is 0 Å². The van der Waals surface area contributed by atoms with Gasteiger partial charge in [0.2, 0.25) is 0 Å². The van der Waals surface area contributed by atoms with Crippen LogP contribution in [0.5, 0.6) is 0 Å². The van der Waals surface area contributed by atoms with Crippen LogP contribution >= 0.6 is 22.9 Å². The topological polar surface area (TPSA) is 17.1 Å². The lowest BCUT2D eigenvalue weighted by Crippen LogP contribution is -1.94. The minimum atomic E-state index is -0.866. The van der Waals surface area contributed by atoms with Gasteiger partial charge in [-0.2, -0.15) is 0 Å². The predicted molar refractivity (Wildman–Crippen MR) is 60.1 cm³/mol. The van der Waals surface area contributed by atoms with Crippen LogP contribution in [0.15, 0.2) is 24.3 Å². The van der Waals surface area contributed by atoms with Gasteiger partial charge in [0.05, 0.1) is 9.90 Å². The van der Waals surface area contributed by atoms with Gasteiger partial charge in [-0.25, -0.2) is 8.78 Å². The highest BCUT2D eigenvalue weighted by atomic mass is 35.5. The molecule has 1 heterocycles. The Bertz CT molecular complexity index is 528. The number of hydrogen-bond donors (Lipinski definition) is 0. The van der Waals surface area contributed by atoms with E-state index in [1.165, 1.54) is 11.3 Å². The summed E-state index contributed by atoms with van der Waals surface area (Å²) in [5, 5.41) is 0. The molecule has 0 spiro atoms. The van der Waals surface area contributed by atoms with Crippen molar-refractivity contribution in [2.24, 2.45) is 0 Å². The van der Waals surface area contributed by atoms with Crippen LogP contribution in [0, 0.1) is 11.6 Å². The van der Waals surface area contributed by atoms with Gasteiger partial charge >= 0.3 is 0 Å². The molecule has 0 amide bonds. The maximum atomic E-state index is 13.3. The van der Waals surface area contributed by atoms with Crippen LogP contribution in [0.1, 0.15) is 10.4 Å². The Morgan fingerprint density at radius 1 is 1.19 bits per heavy atom. The van der Waals surface area contributed by atoms with Gasteiger partial charge in [-0.15, -0.1) is 11.3 Å². The summed E-state index contributed by atoms with van der Waals surface area (Å²) in [6.45, 7) is 0. The molecular formula is C11H5ClF2OS. The number of aldehydes is 1. The number of carbonyl (C=O) groups is 1. The van der Waals surface area contributed by atoms with Crippen molar-refractivity contribution in [1.29, 1.82) is 0 Å². The lowest BCUT2D eigenvalue weighted by Gasteiger charge is -2.01. The highest BCUT2D eigenvalue weighted by molar-refractivity contribution is 7.19. The molecule has 0 fully saturated rings. The standard InChI is InChI=1S/C11H5ClF2OS/c12-11-2-1-10(16-11)6-3-8(13)7(5-15)9(14)4-6/h1-5H. The maximum absolute atomic E-state index is 13.3. The predicted octanol–water partition coefficient (Wildman–Crippen LogP) is 4.16. The van der Waals surface area contributed by atoms with E-state index < -0.39 is 17.2 Å². The van der Waals surface area contributed by atoms with Crippen molar-refractivity contribution in [2.75, 3.05) is 0 Å². The van der Waals surface area contributed by atoms with Gasteiger partial charge in [-0.05, 0) is 29.8 Å². The van der Waals surface area contributed by atoms with Crippen molar-refractivity contribution >= 4 is 29.2 Å². The van der Waals surface area contributed by atoms with E-state index in [-0.39, 0.29) is 6.29 Å². The number of halogens is 3. The van der Waals surface area contributed by atoms with Crippen molar-refractivity contribution in [3.05, 3.63) is 45.8 Å². The van der Waals surface area contributed by atoms with E-state index in [1.807, 2.05) is 0 Å². The lowest BCUT2D eigenvalue weighted by atomic mass is 10.1. The van der Waals surface area contributed by atoms with Crippen LogP contribution in [0.4, 0.5) is 8.78 Å². The maximum Gasteiger partial charge on any atom is 0.155 e. The van der Waals surface area contributed by atoms with Gasteiger partial charge in [0, 0.05) is 4.88 Å². The number of rotatable bonds is 2. The Kier molecular flexibility index (Phi) is 3.03. The van der Waals surface area contributed by atoms with Crippen LogP contribution < -0.4 is 0 Å². The molecule has 1 aromatic heterocycles. The molecule has 0 aliphatic heterocycles. The molecule has 0 aliphatic rings. The van der Waals surface area contributed by atoms with E-state index >= 15 is 0 Å². The Morgan fingerprint density at radius 2 is 1.81 bits per heavy atom. The van der Waals surface area contributed by atoms with Crippen LogP contribution in [0.25, 0.3) is 10.4 Å². The molecule has 0 aliphatic carbocycles. The summed E-state index contributed by atoms with van der Waals surface area (Å²) in [4.78, 5) is 11.1. The third-order valence-electron chi connectivity index (χ3n) is 2.05. The second-order valence-corrected chi connectivity index (χ2v) is 4.79. The molecule has 0 atom stereocenters. The summed E-state index contributed by atoms with van der Waals surface area (Å²) < 4.78 is 27.1. The van der Waals surface area contributed by atoms with Crippen molar-refractivity contribution < 1.29 is 13.6 Å². The van der Waals surface area contributed by atoms with E-state index in [2.05, 4.69) is 0 Å². The zero-order valence-electron chi connectivity index (χ0n) is 7.84. The second-order valence-electron chi connectivity index (χ2n) is 3.08. The highest BCUT2D eigenvalue weighted by Gasteiger charge is 2.12. The molecule has 82 valence electrons. The SMILES string of the molecule is O=Cc1c(F)cc(-c2ccc(Cl)s2)cc1F. The zero-order valence-corrected chi connectivity index (χ0v) is 9.41. The fourth-order valence-electron chi connectivity index (χ4n) is 1.31. The quantitative estimate of drug-likeness (QED) is 0.739. The molecule has 0 unspecified atom stereocenters. The second kappa shape index (κ2) is 4.31. The fraction of sp³-hybridized carbons (Fsp3) is 0. The first kappa shape index (κ1) is 11.2. The molecule has 0 bridgehead atoms. The van der Waals surface area contributed by atoms with E-state index in [1.54, 1.807) is 12.1 Å². The molecule has 2 rings (SSSR count). The molecule has 16 heavy (non-hydrogen) atoms. The van der Waals surface area contributed by atoms with E-state index in [9.17, 15) is 13.6 Å². The first-order chi connectivity index (χ1) is 7.61. The zero-order chi connectivity index (χ0) is 11.7. The minimum Gasteiger partial charge on any atom is -0.298 e. The largest absolute Gasteiger partial charge is 0.298 e.